The van der Waals surface area contributed by atoms with E-state index in [1.807, 2.05) is 30.9 Å². The highest BCUT2D eigenvalue weighted by molar-refractivity contribution is 5.78. The summed E-state index contributed by atoms with van der Waals surface area (Å²) in [5, 5.41) is 3.26. The molecule has 0 radical (unpaired) electrons. The average Bonchev–Trinajstić information content (AvgIpc) is 2.89. The lowest BCUT2D eigenvalue weighted by atomic mass is 10.00. The minimum atomic E-state index is 0.0780. The lowest BCUT2D eigenvalue weighted by molar-refractivity contribution is -0.137. The minimum Gasteiger partial charge on any atom is -0.449 e. The number of hydrogen-bond acceptors (Lipinski definition) is 3. The Morgan fingerprint density at radius 2 is 2.39 bits per heavy atom. The van der Waals surface area contributed by atoms with Crippen LogP contribution in [-0.4, -0.2) is 29.9 Å². The van der Waals surface area contributed by atoms with Crippen LogP contribution in [0.25, 0.3) is 0 Å². The fraction of sp³-hybridized carbons (Fsp3) is 0.643. The van der Waals surface area contributed by atoms with Crippen molar-refractivity contribution in [2.45, 2.75) is 39.2 Å². The second-order valence-electron chi connectivity index (χ2n) is 5.19. The maximum absolute atomic E-state index is 12.1. The predicted molar refractivity (Wildman–Crippen MR) is 71.4 cm³/mol. The first-order chi connectivity index (χ1) is 8.68. The number of rotatable bonds is 4. The van der Waals surface area contributed by atoms with E-state index in [1.54, 1.807) is 6.26 Å². The molecule has 1 N–H and O–H groups in total. The molecule has 4 heteroatoms. The molecule has 1 aromatic heterocycles. The number of likely N-dealkylation sites (tertiary alicyclic amines) is 1. The molecule has 0 aliphatic carbocycles. The zero-order valence-electron chi connectivity index (χ0n) is 11.2. The maximum atomic E-state index is 12.1. The largest absolute Gasteiger partial charge is 0.449 e. The summed E-state index contributed by atoms with van der Waals surface area (Å²) in [7, 11) is 0. The molecular weight excluding hydrogens is 228 g/mol. The van der Waals surface area contributed by atoms with Crippen molar-refractivity contribution in [3.05, 3.63) is 18.4 Å². The van der Waals surface area contributed by atoms with Gasteiger partial charge in [-0.15, -0.1) is 0 Å². The van der Waals surface area contributed by atoms with Gasteiger partial charge in [0.05, 0.1) is 6.26 Å². The normalized spacial score (nSPS) is 20.2. The molecule has 1 aliphatic heterocycles. The van der Waals surface area contributed by atoms with Crippen molar-refractivity contribution in [1.29, 1.82) is 0 Å². The minimum absolute atomic E-state index is 0.0780. The van der Waals surface area contributed by atoms with Crippen molar-refractivity contribution in [2.24, 2.45) is 5.92 Å². The molecule has 1 saturated heterocycles. The Morgan fingerprint density at radius 1 is 1.56 bits per heavy atom. The van der Waals surface area contributed by atoms with Crippen LogP contribution in [-0.2, 0) is 4.79 Å². The Balaban J connectivity index is 1.93. The molecule has 1 aliphatic rings. The summed E-state index contributed by atoms with van der Waals surface area (Å²) in [6, 6.07) is 4.05. The molecule has 0 aromatic carbocycles. The van der Waals surface area contributed by atoms with Gasteiger partial charge in [-0.2, -0.15) is 0 Å². The third kappa shape index (κ3) is 3.06. The Kier molecular flexibility index (Phi) is 4.28. The molecule has 1 aromatic rings. The van der Waals surface area contributed by atoms with Crippen molar-refractivity contribution in [2.75, 3.05) is 18.4 Å². The molecule has 1 amide bonds. The van der Waals surface area contributed by atoms with E-state index in [4.69, 9.17) is 4.42 Å². The van der Waals surface area contributed by atoms with Crippen LogP contribution in [0.3, 0.4) is 0 Å². The van der Waals surface area contributed by atoms with Crippen molar-refractivity contribution < 1.29 is 9.21 Å². The standard InChI is InChI=1S/C14H22N2O2/c1-11(2)14(17)16-8-4-3-6-12(16)10-15-13-7-5-9-18-13/h5,7,9,11-12,15H,3-4,6,8,10H2,1-2H3. The summed E-state index contributed by atoms with van der Waals surface area (Å²) >= 11 is 0. The van der Waals surface area contributed by atoms with E-state index in [0.717, 1.165) is 31.8 Å². The highest BCUT2D eigenvalue weighted by Gasteiger charge is 2.27. The molecule has 18 heavy (non-hydrogen) atoms. The lowest BCUT2D eigenvalue weighted by Crippen LogP contribution is -2.48. The third-order valence-corrected chi connectivity index (χ3v) is 3.44. The first-order valence-corrected chi connectivity index (χ1v) is 6.76. The number of amides is 1. The molecule has 0 spiro atoms. The van der Waals surface area contributed by atoms with Crippen LogP contribution in [0.1, 0.15) is 33.1 Å². The Bertz CT molecular complexity index is 373. The second kappa shape index (κ2) is 5.94. The van der Waals surface area contributed by atoms with Crippen LogP contribution in [0.2, 0.25) is 0 Å². The Hall–Kier alpha value is -1.45. The quantitative estimate of drug-likeness (QED) is 0.893. The summed E-state index contributed by atoms with van der Waals surface area (Å²) in [6.45, 7) is 5.59. The highest BCUT2D eigenvalue weighted by Crippen LogP contribution is 2.20. The fourth-order valence-electron chi connectivity index (χ4n) is 2.43. The number of carbonyl (C=O) groups is 1. The van der Waals surface area contributed by atoms with Gasteiger partial charge in [-0.3, -0.25) is 4.79 Å². The number of piperidine rings is 1. The molecule has 1 atom stereocenters. The van der Waals surface area contributed by atoms with Crippen molar-refractivity contribution in [3.63, 3.8) is 0 Å². The number of nitrogens with one attached hydrogen (secondary N) is 1. The number of anilines is 1. The molecule has 0 bridgehead atoms. The zero-order valence-corrected chi connectivity index (χ0v) is 11.2. The van der Waals surface area contributed by atoms with E-state index < -0.39 is 0 Å². The van der Waals surface area contributed by atoms with Gasteiger partial charge in [-0.1, -0.05) is 13.8 Å². The fourth-order valence-corrected chi connectivity index (χ4v) is 2.43. The van der Waals surface area contributed by atoms with Gasteiger partial charge in [0.1, 0.15) is 0 Å². The van der Waals surface area contributed by atoms with Crippen LogP contribution >= 0.6 is 0 Å². The van der Waals surface area contributed by atoms with Crippen LogP contribution in [0.15, 0.2) is 22.8 Å². The molecule has 100 valence electrons. The van der Waals surface area contributed by atoms with Gasteiger partial charge in [0.15, 0.2) is 5.88 Å². The summed E-state index contributed by atoms with van der Waals surface area (Å²) in [6.07, 6.45) is 5.05. The number of hydrogen-bond donors (Lipinski definition) is 1. The Morgan fingerprint density at radius 3 is 3.06 bits per heavy atom. The Labute approximate surface area is 108 Å². The van der Waals surface area contributed by atoms with Gasteiger partial charge in [0.25, 0.3) is 0 Å². The van der Waals surface area contributed by atoms with Crippen molar-refractivity contribution in [3.8, 4) is 0 Å². The number of carbonyl (C=O) groups excluding carboxylic acids is 1. The van der Waals surface area contributed by atoms with Crippen LogP contribution < -0.4 is 5.32 Å². The van der Waals surface area contributed by atoms with E-state index in [1.165, 1.54) is 6.42 Å². The molecule has 1 fully saturated rings. The summed E-state index contributed by atoms with van der Waals surface area (Å²) in [5.41, 5.74) is 0. The topological polar surface area (TPSA) is 45.5 Å². The van der Waals surface area contributed by atoms with E-state index in [9.17, 15) is 4.79 Å². The molecule has 2 rings (SSSR count). The van der Waals surface area contributed by atoms with Gasteiger partial charge in [0, 0.05) is 31.1 Å². The van der Waals surface area contributed by atoms with E-state index in [0.29, 0.717) is 6.04 Å². The maximum Gasteiger partial charge on any atom is 0.225 e. The monoisotopic (exact) mass is 250 g/mol. The molecule has 1 unspecified atom stereocenters. The first kappa shape index (κ1) is 13.0. The summed E-state index contributed by atoms with van der Waals surface area (Å²) in [4.78, 5) is 14.2. The smallest absolute Gasteiger partial charge is 0.225 e. The molecule has 0 saturated carbocycles. The van der Waals surface area contributed by atoms with Gasteiger partial charge < -0.3 is 14.6 Å². The van der Waals surface area contributed by atoms with Gasteiger partial charge in [0.2, 0.25) is 5.91 Å². The highest BCUT2D eigenvalue weighted by atomic mass is 16.3. The van der Waals surface area contributed by atoms with Crippen LogP contribution in [0.4, 0.5) is 5.88 Å². The summed E-state index contributed by atoms with van der Waals surface area (Å²) in [5.74, 6) is 1.12. The van der Waals surface area contributed by atoms with Gasteiger partial charge in [-0.05, 0) is 25.3 Å². The predicted octanol–water partition coefficient (Wildman–Crippen LogP) is 2.73. The van der Waals surface area contributed by atoms with Gasteiger partial charge in [-0.25, -0.2) is 0 Å². The van der Waals surface area contributed by atoms with E-state index >= 15 is 0 Å². The lowest BCUT2D eigenvalue weighted by Gasteiger charge is -2.37. The SMILES string of the molecule is CC(C)C(=O)N1CCCCC1CNc1ccco1. The van der Waals surface area contributed by atoms with E-state index in [2.05, 4.69) is 5.32 Å². The second-order valence-corrected chi connectivity index (χ2v) is 5.19. The number of furan rings is 1. The third-order valence-electron chi connectivity index (χ3n) is 3.44. The van der Waals surface area contributed by atoms with Crippen LogP contribution in [0.5, 0.6) is 0 Å². The molecular formula is C14H22N2O2. The number of nitrogens with zero attached hydrogens (tertiary/aromatic N) is 1. The zero-order chi connectivity index (χ0) is 13.0. The van der Waals surface area contributed by atoms with Gasteiger partial charge >= 0.3 is 0 Å². The first-order valence-electron chi connectivity index (χ1n) is 6.76. The van der Waals surface area contributed by atoms with E-state index in [-0.39, 0.29) is 11.8 Å². The molecule has 4 nitrogen and oxygen atoms in total. The van der Waals surface area contributed by atoms with Crippen molar-refractivity contribution in [1.82, 2.24) is 4.90 Å². The van der Waals surface area contributed by atoms with Crippen LogP contribution in [0, 0.1) is 5.92 Å². The average molecular weight is 250 g/mol. The molecule has 2 heterocycles. The summed E-state index contributed by atoms with van der Waals surface area (Å²) < 4.78 is 5.25. The van der Waals surface area contributed by atoms with Crippen molar-refractivity contribution >= 4 is 11.8 Å².